The summed E-state index contributed by atoms with van der Waals surface area (Å²) in [6.07, 6.45) is 1.95. The zero-order valence-corrected chi connectivity index (χ0v) is 17.2. The first kappa shape index (κ1) is 16.1. The van der Waals surface area contributed by atoms with Crippen molar-refractivity contribution in [1.29, 1.82) is 0 Å². The number of hydrogen-bond donors (Lipinski definition) is 0. The fourth-order valence-corrected chi connectivity index (χ4v) is 5.64. The summed E-state index contributed by atoms with van der Waals surface area (Å²) in [5.74, 6) is 0. The van der Waals surface area contributed by atoms with Crippen molar-refractivity contribution in [2.24, 2.45) is 7.05 Å². The maximum Gasteiger partial charge on any atom is 0.287 e. The molecule has 142 valence electrons. The number of rotatable bonds is 0. The molecule has 7 rings (SSSR count). The Morgan fingerprint density at radius 3 is 2.20 bits per heavy atom. The van der Waals surface area contributed by atoms with Gasteiger partial charge in [-0.25, -0.2) is 4.57 Å². The van der Waals surface area contributed by atoms with Crippen molar-refractivity contribution in [3.8, 4) is 0 Å². The summed E-state index contributed by atoms with van der Waals surface area (Å²) in [7, 11) is 2.12. The molecular weight excluding hydrogens is 366 g/mol. The van der Waals surface area contributed by atoms with Crippen LogP contribution in [0.3, 0.4) is 0 Å². The fourth-order valence-electron chi connectivity index (χ4n) is 5.64. The number of benzene rings is 4. The van der Waals surface area contributed by atoms with Gasteiger partial charge in [0.2, 0.25) is 0 Å². The lowest BCUT2D eigenvalue weighted by atomic mass is 9.93. The molecule has 0 unspecified atom stereocenters. The predicted octanol–water partition coefficient (Wildman–Crippen LogP) is 5.98. The molecular formula is C27H20N3+. The predicted molar refractivity (Wildman–Crippen MR) is 125 cm³/mol. The van der Waals surface area contributed by atoms with Gasteiger partial charge in [-0.15, -0.1) is 0 Å². The zero-order valence-electron chi connectivity index (χ0n) is 17.2. The molecule has 3 aromatic heterocycles. The van der Waals surface area contributed by atoms with Crippen LogP contribution >= 0.6 is 0 Å². The van der Waals surface area contributed by atoms with Crippen LogP contribution < -0.4 is 4.57 Å². The van der Waals surface area contributed by atoms with Crippen LogP contribution in [0.15, 0.2) is 67.0 Å². The fraction of sp³-hybridized carbons (Fsp3) is 0.111. The van der Waals surface area contributed by atoms with E-state index in [1.54, 1.807) is 0 Å². The van der Waals surface area contributed by atoms with Crippen LogP contribution in [0.2, 0.25) is 0 Å². The van der Waals surface area contributed by atoms with Crippen molar-refractivity contribution in [2.45, 2.75) is 13.8 Å². The van der Waals surface area contributed by atoms with Crippen molar-refractivity contribution in [2.75, 3.05) is 0 Å². The minimum atomic E-state index is 1.05. The monoisotopic (exact) mass is 386 g/mol. The van der Waals surface area contributed by atoms with E-state index in [9.17, 15) is 0 Å². The van der Waals surface area contributed by atoms with E-state index in [1.807, 2.05) is 6.33 Å². The summed E-state index contributed by atoms with van der Waals surface area (Å²) in [6.45, 7) is 4.54. The molecule has 0 atom stereocenters. The molecule has 0 spiro atoms. The molecule has 3 nitrogen and oxygen atoms in total. The molecule has 0 aliphatic rings. The van der Waals surface area contributed by atoms with E-state index in [1.165, 1.54) is 65.5 Å². The number of pyridine rings is 1. The number of nitrogens with zero attached hydrogens (tertiary/aromatic N) is 3. The lowest BCUT2D eigenvalue weighted by Gasteiger charge is -2.17. The summed E-state index contributed by atoms with van der Waals surface area (Å²) in [5.41, 5.74) is 8.81. The first-order chi connectivity index (χ1) is 14.7. The quantitative estimate of drug-likeness (QED) is 0.178. The molecule has 0 N–H and O–H groups in total. The Kier molecular flexibility index (Phi) is 2.82. The van der Waals surface area contributed by atoms with Gasteiger partial charge >= 0.3 is 0 Å². The number of fused-ring (bicyclic) bond motifs is 7. The van der Waals surface area contributed by atoms with E-state index < -0.39 is 0 Å². The third-order valence-corrected chi connectivity index (χ3v) is 6.94. The molecule has 0 bridgehead atoms. The van der Waals surface area contributed by atoms with Gasteiger partial charge in [0.15, 0.2) is 5.52 Å². The maximum atomic E-state index is 4.77. The Hall–Kier alpha value is -3.72. The normalized spacial score (nSPS) is 12.5. The zero-order chi connectivity index (χ0) is 20.1. The second kappa shape index (κ2) is 5.25. The molecule has 0 amide bonds. The van der Waals surface area contributed by atoms with Crippen LogP contribution in [0.5, 0.6) is 0 Å². The number of aryl methyl sites for hydroxylation is 3. The molecule has 0 fully saturated rings. The van der Waals surface area contributed by atoms with Gasteiger partial charge in [-0.05, 0) is 58.9 Å². The van der Waals surface area contributed by atoms with E-state index in [-0.39, 0.29) is 0 Å². The Bertz CT molecular complexity index is 1820. The highest BCUT2D eigenvalue weighted by Crippen LogP contribution is 2.43. The average molecular weight is 386 g/mol. The van der Waals surface area contributed by atoms with Crippen molar-refractivity contribution >= 4 is 59.9 Å². The molecule has 3 heteroatoms. The summed E-state index contributed by atoms with van der Waals surface area (Å²) < 4.78 is 4.69. The number of aromatic nitrogens is 3. The van der Waals surface area contributed by atoms with Crippen LogP contribution in [0, 0.1) is 13.8 Å². The van der Waals surface area contributed by atoms with Crippen LogP contribution in [0.4, 0.5) is 0 Å². The van der Waals surface area contributed by atoms with Gasteiger partial charge in [0, 0.05) is 10.8 Å². The second-order valence-electron chi connectivity index (χ2n) is 8.43. The van der Waals surface area contributed by atoms with E-state index in [0.29, 0.717) is 0 Å². The molecule has 0 saturated heterocycles. The molecule has 0 aliphatic heterocycles. The van der Waals surface area contributed by atoms with Crippen LogP contribution in [0.1, 0.15) is 11.1 Å². The topological polar surface area (TPSA) is 21.2 Å². The lowest BCUT2D eigenvalue weighted by molar-refractivity contribution is -0.646. The van der Waals surface area contributed by atoms with Crippen molar-refractivity contribution < 1.29 is 4.57 Å². The Morgan fingerprint density at radius 2 is 1.40 bits per heavy atom. The van der Waals surface area contributed by atoms with Crippen molar-refractivity contribution in [1.82, 2.24) is 9.38 Å². The summed E-state index contributed by atoms with van der Waals surface area (Å²) >= 11 is 0. The standard InChI is InChI=1S/C27H20N3/c1-15-17-8-4-5-9-18(17)16(2)25-23(15)27-24-21(28-14-29(27)3)13-12-20-19-10-6-7-11-22(19)30(25)26(20)24/h4-14H,1-3H3/q+1. The smallest absolute Gasteiger partial charge is 0.287 e. The van der Waals surface area contributed by atoms with Crippen molar-refractivity contribution in [3.05, 3.63) is 78.1 Å². The van der Waals surface area contributed by atoms with Crippen molar-refractivity contribution in [3.63, 3.8) is 0 Å². The largest absolute Gasteiger partial charge is 0.307 e. The highest BCUT2D eigenvalue weighted by Gasteiger charge is 2.25. The van der Waals surface area contributed by atoms with Crippen LogP contribution in [0.25, 0.3) is 59.9 Å². The molecule has 7 aromatic rings. The third kappa shape index (κ3) is 1.69. The highest BCUT2D eigenvalue weighted by atomic mass is 15.0. The van der Waals surface area contributed by atoms with E-state index in [0.717, 1.165) is 5.52 Å². The molecule has 30 heavy (non-hydrogen) atoms. The molecule has 3 heterocycles. The second-order valence-corrected chi connectivity index (χ2v) is 8.43. The van der Waals surface area contributed by atoms with E-state index in [4.69, 9.17) is 4.98 Å². The van der Waals surface area contributed by atoms with Gasteiger partial charge in [-0.1, -0.05) is 42.5 Å². The average Bonchev–Trinajstić information content (AvgIpc) is 3.12. The Morgan fingerprint density at radius 1 is 0.700 bits per heavy atom. The Labute approximate surface area is 173 Å². The summed E-state index contributed by atoms with van der Waals surface area (Å²) in [5, 5.41) is 7.81. The van der Waals surface area contributed by atoms with Crippen LogP contribution in [-0.2, 0) is 7.05 Å². The maximum absolute atomic E-state index is 4.77. The first-order valence-electron chi connectivity index (χ1n) is 10.4. The molecule has 0 saturated carbocycles. The Balaban J connectivity index is 2.02. The lowest BCUT2D eigenvalue weighted by Crippen LogP contribution is -2.30. The van der Waals surface area contributed by atoms with E-state index in [2.05, 4.69) is 90.5 Å². The van der Waals surface area contributed by atoms with Crippen LogP contribution in [-0.4, -0.2) is 9.38 Å². The minimum absolute atomic E-state index is 1.05. The molecule has 0 aliphatic carbocycles. The highest BCUT2D eigenvalue weighted by molar-refractivity contribution is 6.28. The number of para-hydroxylation sites is 1. The van der Waals surface area contributed by atoms with Gasteiger partial charge in [-0.3, -0.25) is 0 Å². The van der Waals surface area contributed by atoms with Gasteiger partial charge in [0.05, 0.1) is 34.4 Å². The van der Waals surface area contributed by atoms with Gasteiger partial charge in [0.1, 0.15) is 5.52 Å². The number of hydrogen-bond acceptors (Lipinski definition) is 1. The summed E-state index contributed by atoms with van der Waals surface area (Å²) in [4.78, 5) is 4.77. The summed E-state index contributed by atoms with van der Waals surface area (Å²) in [6, 6.07) is 22.0. The third-order valence-electron chi connectivity index (χ3n) is 6.94. The van der Waals surface area contributed by atoms with Gasteiger partial charge in [-0.2, -0.15) is 0 Å². The van der Waals surface area contributed by atoms with Gasteiger partial charge in [0.25, 0.3) is 6.33 Å². The van der Waals surface area contributed by atoms with Gasteiger partial charge < -0.3 is 4.40 Å². The first-order valence-corrected chi connectivity index (χ1v) is 10.4. The molecule has 4 aromatic carbocycles. The minimum Gasteiger partial charge on any atom is -0.307 e. The SMILES string of the molecule is Cc1c2ccccc2c(C)c2c1c1c3c(ccc4c5ccccc5n2c43)nc[n+]1C. The molecule has 0 radical (unpaired) electrons. The van der Waals surface area contributed by atoms with E-state index >= 15 is 0 Å².